The molecule has 12 heavy (non-hydrogen) atoms. The summed E-state index contributed by atoms with van der Waals surface area (Å²) in [6.45, 7) is 6.56. The summed E-state index contributed by atoms with van der Waals surface area (Å²) < 4.78 is 0. The van der Waals surface area contributed by atoms with Crippen LogP contribution in [0.2, 0.25) is 0 Å². The van der Waals surface area contributed by atoms with E-state index >= 15 is 0 Å². The van der Waals surface area contributed by atoms with Crippen LogP contribution in [0.5, 0.6) is 0 Å². The highest BCUT2D eigenvalue weighted by atomic mass is 16.2. The Bertz CT molecular complexity index is 166. The van der Waals surface area contributed by atoms with E-state index in [2.05, 4.69) is 26.8 Å². The number of hydrogen-bond acceptors (Lipinski definition) is 1. The van der Waals surface area contributed by atoms with E-state index in [1.165, 1.54) is 11.1 Å². The largest absolute Gasteiger partial charge is 0.392 e. The van der Waals surface area contributed by atoms with Crippen molar-refractivity contribution < 1.29 is 5.11 Å². The summed E-state index contributed by atoms with van der Waals surface area (Å²) in [7, 11) is 0. The van der Waals surface area contributed by atoms with Crippen LogP contribution < -0.4 is 0 Å². The van der Waals surface area contributed by atoms with Crippen LogP contribution in [-0.4, -0.2) is 11.7 Å². The van der Waals surface area contributed by atoms with Crippen molar-refractivity contribution in [1.29, 1.82) is 0 Å². The normalized spacial score (nSPS) is 13.7. The Labute approximate surface area is 75.8 Å². The van der Waals surface area contributed by atoms with E-state index in [-0.39, 0.29) is 6.61 Å². The van der Waals surface area contributed by atoms with Gasteiger partial charge in [-0.1, -0.05) is 30.2 Å². The molecule has 0 aromatic rings. The number of hydrogen-bond donors (Lipinski definition) is 1. The molecule has 1 heteroatoms. The van der Waals surface area contributed by atoms with Gasteiger partial charge < -0.3 is 5.11 Å². The summed E-state index contributed by atoms with van der Waals surface area (Å²) in [5, 5.41) is 8.60. The molecule has 0 aromatic carbocycles. The first kappa shape index (κ1) is 11.4. The van der Waals surface area contributed by atoms with E-state index in [1.807, 2.05) is 6.08 Å². The molecule has 0 bridgehead atoms. The average molecular weight is 168 g/mol. The van der Waals surface area contributed by atoms with Crippen LogP contribution in [0.4, 0.5) is 0 Å². The highest BCUT2D eigenvalue weighted by molar-refractivity contribution is 5.03. The lowest BCUT2D eigenvalue weighted by Crippen LogP contribution is -1.81. The molecule has 70 valence electrons. The minimum absolute atomic E-state index is 0.169. The molecule has 0 amide bonds. The minimum atomic E-state index is 0.169. The maximum Gasteiger partial charge on any atom is 0.0614 e. The topological polar surface area (TPSA) is 20.2 Å². The molecule has 0 aliphatic carbocycles. The predicted octanol–water partition coefficient (Wildman–Crippen LogP) is 3.06. The average Bonchev–Trinajstić information content (AvgIpc) is 2.04. The highest BCUT2D eigenvalue weighted by Crippen LogP contribution is 2.07. The molecular formula is C11H20O. The van der Waals surface area contributed by atoms with Gasteiger partial charge >= 0.3 is 0 Å². The second-order valence-electron chi connectivity index (χ2n) is 3.18. The van der Waals surface area contributed by atoms with Crippen molar-refractivity contribution in [3.8, 4) is 0 Å². The Morgan fingerprint density at radius 1 is 1.17 bits per heavy atom. The van der Waals surface area contributed by atoms with Gasteiger partial charge in [0, 0.05) is 0 Å². The van der Waals surface area contributed by atoms with E-state index in [0.29, 0.717) is 0 Å². The van der Waals surface area contributed by atoms with E-state index < -0.39 is 0 Å². The monoisotopic (exact) mass is 168 g/mol. The molecule has 0 saturated carbocycles. The second kappa shape index (κ2) is 7.11. The first-order valence-corrected chi connectivity index (χ1v) is 4.62. The number of aliphatic hydroxyl groups is 1. The third-order valence-electron chi connectivity index (χ3n) is 2.03. The van der Waals surface area contributed by atoms with Crippen LogP contribution in [0, 0.1) is 0 Å². The van der Waals surface area contributed by atoms with Crippen molar-refractivity contribution in [2.45, 2.75) is 40.0 Å². The molecule has 0 aliphatic rings. The van der Waals surface area contributed by atoms with E-state index in [4.69, 9.17) is 5.11 Å². The lowest BCUT2D eigenvalue weighted by Gasteiger charge is -1.98. The maximum absolute atomic E-state index is 8.60. The summed E-state index contributed by atoms with van der Waals surface area (Å²) in [6, 6.07) is 0. The van der Waals surface area contributed by atoms with Crippen LogP contribution >= 0.6 is 0 Å². The molecule has 0 heterocycles. The molecule has 0 aromatic heterocycles. The van der Waals surface area contributed by atoms with Crippen LogP contribution in [0.15, 0.2) is 23.3 Å². The Kier molecular flexibility index (Phi) is 6.78. The van der Waals surface area contributed by atoms with Gasteiger partial charge in [0.05, 0.1) is 6.61 Å². The molecule has 0 atom stereocenters. The highest BCUT2D eigenvalue weighted by Gasteiger charge is 1.88. The zero-order chi connectivity index (χ0) is 9.40. The molecule has 0 saturated heterocycles. The minimum Gasteiger partial charge on any atom is -0.392 e. The third-order valence-corrected chi connectivity index (χ3v) is 2.03. The van der Waals surface area contributed by atoms with Crippen molar-refractivity contribution >= 4 is 0 Å². The fourth-order valence-electron chi connectivity index (χ4n) is 0.948. The lowest BCUT2D eigenvalue weighted by molar-refractivity contribution is 0.341. The fraction of sp³-hybridized carbons (Fsp3) is 0.636. The summed E-state index contributed by atoms with van der Waals surface area (Å²) in [6.07, 6.45) is 7.45. The standard InChI is InChI=1S/C11H20O/c1-4-10(2)6-5-7-11(3)8-9-12/h6,8,12H,4-5,7,9H2,1-3H3/b10-6-,11-8-. The van der Waals surface area contributed by atoms with Gasteiger partial charge in [0.25, 0.3) is 0 Å². The summed E-state index contributed by atoms with van der Waals surface area (Å²) in [5.74, 6) is 0. The van der Waals surface area contributed by atoms with E-state index in [9.17, 15) is 0 Å². The van der Waals surface area contributed by atoms with Crippen molar-refractivity contribution in [1.82, 2.24) is 0 Å². The second-order valence-corrected chi connectivity index (χ2v) is 3.18. The van der Waals surface area contributed by atoms with Gasteiger partial charge in [0.15, 0.2) is 0 Å². The van der Waals surface area contributed by atoms with Gasteiger partial charge in [-0.3, -0.25) is 0 Å². The zero-order valence-electron chi connectivity index (χ0n) is 8.43. The Morgan fingerprint density at radius 3 is 2.33 bits per heavy atom. The number of aliphatic hydroxyl groups excluding tert-OH is 1. The molecule has 0 rings (SSSR count). The lowest BCUT2D eigenvalue weighted by atomic mass is 10.1. The van der Waals surface area contributed by atoms with Crippen LogP contribution in [-0.2, 0) is 0 Å². The van der Waals surface area contributed by atoms with Crippen LogP contribution in [0.3, 0.4) is 0 Å². The SMILES string of the molecule is CC/C(C)=C\CC/C(C)=C\CO. The first-order valence-electron chi connectivity index (χ1n) is 4.62. The molecular weight excluding hydrogens is 148 g/mol. The molecule has 0 radical (unpaired) electrons. The Hall–Kier alpha value is -0.560. The van der Waals surface area contributed by atoms with Gasteiger partial charge in [-0.25, -0.2) is 0 Å². The van der Waals surface area contributed by atoms with Crippen LogP contribution in [0.25, 0.3) is 0 Å². The summed E-state index contributed by atoms with van der Waals surface area (Å²) in [4.78, 5) is 0. The smallest absolute Gasteiger partial charge is 0.0614 e. The zero-order valence-corrected chi connectivity index (χ0v) is 8.43. The van der Waals surface area contributed by atoms with Crippen molar-refractivity contribution in [2.75, 3.05) is 6.61 Å². The van der Waals surface area contributed by atoms with E-state index in [0.717, 1.165) is 19.3 Å². The molecule has 0 fully saturated rings. The Balaban J connectivity index is 3.62. The number of rotatable bonds is 5. The van der Waals surface area contributed by atoms with Gasteiger partial charge in [0.1, 0.15) is 0 Å². The van der Waals surface area contributed by atoms with Gasteiger partial charge in [-0.2, -0.15) is 0 Å². The van der Waals surface area contributed by atoms with Gasteiger partial charge in [-0.05, 0) is 33.1 Å². The molecule has 0 aliphatic heterocycles. The molecule has 1 N–H and O–H groups in total. The van der Waals surface area contributed by atoms with Crippen molar-refractivity contribution in [2.24, 2.45) is 0 Å². The van der Waals surface area contributed by atoms with E-state index in [1.54, 1.807) is 0 Å². The Morgan fingerprint density at radius 2 is 1.83 bits per heavy atom. The maximum atomic E-state index is 8.60. The molecule has 0 spiro atoms. The van der Waals surface area contributed by atoms with Gasteiger partial charge in [0.2, 0.25) is 0 Å². The van der Waals surface area contributed by atoms with Crippen LogP contribution in [0.1, 0.15) is 40.0 Å². The van der Waals surface area contributed by atoms with Crippen molar-refractivity contribution in [3.63, 3.8) is 0 Å². The number of allylic oxidation sites excluding steroid dienone is 3. The summed E-state index contributed by atoms with van der Waals surface area (Å²) in [5.41, 5.74) is 2.73. The first-order chi connectivity index (χ1) is 5.70. The predicted molar refractivity (Wildman–Crippen MR) is 54.1 cm³/mol. The molecule has 1 nitrogen and oxygen atoms in total. The van der Waals surface area contributed by atoms with Crippen molar-refractivity contribution in [3.05, 3.63) is 23.3 Å². The fourth-order valence-corrected chi connectivity index (χ4v) is 0.948. The molecule has 0 unspecified atom stereocenters. The third kappa shape index (κ3) is 6.17. The quantitative estimate of drug-likeness (QED) is 0.625. The summed E-state index contributed by atoms with van der Waals surface area (Å²) >= 11 is 0. The van der Waals surface area contributed by atoms with Gasteiger partial charge in [-0.15, -0.1) is 0 Å².